The number of amides is 1. The molecular weight excluding hydrogens is 449 g/mol. The van der Waals surface area contributed by atoms with Gasteiger partial charge in [-0.3, -0.25) is 19.5 Å². The highest BCUT2D eigenvalue weighted by molar-refractivity contribution is 5.92. The molecule has 11 heteroatoms. The molecule has 3 aromatic rings. The molecule has 2 N–H and O–H groups in total. The normalized spacial score (nSPS) is 20.6. The van der Waals surface area contributed by atoms with Crippen molar-refractivity contribution in [2.75, 3.05) is 25.0 Å². The van der Waals surface area contributed by atoms with E-state index in [-0.39, 0.29) is 11.4 Å². The Morgan fingerprint density at radius 3 is 2.59 bits per heavy atom. The number of aromatic amines is 1. The van der Waals surface area contributed by atoms with E-state index >= 15 is 0 Å². The molecule has 5 rings (SSSR count). The highest BCUT2D eigenvalue weighted by Gasteiger charge is 2.43. The third kappa shape index (κ3) is 4.00. The number of nitrogens with zero attached hydrogens (tertiary/aromatic N) is 4. The lowest BCUT2D eigenvalue weighted by Crippen LogP contribution is -2.64. The maximum absolute atomic E-state index is 13.0. The summed E-state index contributed by atoms with van der Waals surface area (Å²) in [5, 5.41) is 2.56. The molecule has 1 saturated heterocycles. The molecule has 4 heterocycles. The summed E-state index contributed by atoms with van der Waals surface area (Å²) in [4.78, 5) is 39.1. The van der Waals surface area contributed by atoms with E-state index in [4.69, 9.17) is 0 Å². The van der Waals surface area contributed by atoms with Gasteiger partial charge in [-0.05, 0) is 42.7 Å². The Morgan fingerprint density at radius 1 is 1.15 bits per heavy atom. The van der Waals surface area contributed by atoms with Crippen molar-refractivity contribution < 1.29 is 18.0 Å². The van der Waals surface area contributed by atoms with Crippen LogP contribution in [0.1, 0.15) is 34.5 Å². The minimum atomic E-state index is -4.72. The van der Waals surface area contributed by atoms with Crippen molar-refractivity contribution in [2.24, 2.45) is 0 Å². The van der Waals surface area contributed by atoms with Crippen LogP contribution in [-0.2, 0) is 12.7 Å². The number of hydrogen-bond acceptors (Lipinski definition) is 6. The van der Waals surface area contributed by atoms with Crippen LogP contribution in [0.25, 0.3) is 11.0 Å². The monoisotopic (exact) mass is 472 g/mol. The number of rotatable bonds is 4. The van der Waals surface area contributed by atoms with Gasteiger partial charge in [-0.25, -0.2) is 4.98 Å². The number of halogens is 3. The van der Waals surface area contributed by atoms with Gasteiger partial charge in [0.05, 0.1) is 22.9 Å². The van der Waals surface area contributed by atoms with Crippen LogP contribution in [0, 0.1) is 0 Å². The van der Waals surface area contributed by atoms with Gasteiger partial charge in [-0.1, -0.05) is 0 Å². The Hall–Kier alpha value is -3.47. The molecular formula is C23H23F3N6O2. The molecule has 1 amide bonds. The molecule has 1 saturated carbocycles. The Labute approximate surface area is 192 Å². The van der Waals surface area contributed by atoms with E-state index in [0.717, 1.165) is 43.2 Å². The van der Waals surface area contributed by atoms with Crippen LogP contribution >= 0.6 is 0 Å². The van der Waals surface area contributed by atoms with E-state index in [9.17, 15) is 22.8 Å². The summed E-state index contributed by atoms with van der Waals surface area (Å²) in [5.74, 6) is -0.224. The quantitative estimate of drug-likeness (QED) is 0.606. The number of nitrogens with one attached hydrogen (secondary N) is 2. The first kappa shape index (κ1) is 22.3. The molecule has 8 nitrogen and oxygen atoms in total. The molecule has 3 aromatic heterocycles. The number of pyridine rings is 3. The number of piperazine rings is 1. The fraction of sp³-hybridized carbons (Fsp3) is 0.391. The molecule has 1 aliphatic carbocycles. The lowest BCUT2D eigenvalue weighted by atomic mass is 9.81. The van der Waals surface area contributed by atoms with Gasteiger partial charge in [0.2, 0.25) is 0 Å². The first-order chi connectivity index (χ1) is 16.2. The van der Waals surface area contributed by atoms with Crippen LogP contribution in [0.5, 0.6) is 0 Å². The fourth-order valence-corrected chi connectivity index (χ4v) is 4.81. The van der Waals surface area contributed by atoms with E-state index in [1.807, 2.05) is 6.07 Å². The molecule has 0 aromatic carbocycles. The zero-order valence-electron chi connectivity index (χ0n) is 18.4. The third-order valence-corrected chi connectivity index (χ3v) is 6.68. The zero-order valence-corrected chi connectivity index (χ0v) is 18.4. The van der Waals surface area contributed by atoms with Crippen molar-refractivity contribution in [2.45, 2.75) is 37.6 Å². The number of anilines is 1. The van der Waals surface area contributed by atoms with Gasteiger partial charge < -0.3 is 15.2 Å². The number of H-pyrrole nitrogens is 1. The number of carbonyl (C=O) groups excluding carboxylic acids is 1. The van der Waals surface area contributed by atoms with Gasteiger partial charge in [0, 0.05) is 45.0 Å². The standard InChI is InChI=1S/C23H23F3N6O2/c1-27-22(34)16-3-2-14(11-29-16)32-7-6-31(19-4-5-20(19)32)12-13-8-18-17(28-10-13)9-15(21(33)30-18)23(24,25)26/h2-3,8-11,19-20H,4-7,12H2,1H3,(H,27,34)(H,30,33)/t19-,20+/m1/s1. The average Bonchev–Trinajstić information content (AvgIpc) is 2.78. The second-order valence-electron chi connectivity index (χ2n) is 8.64. The van der Waals surface area contributed by atoms with Crippen molar-refractivity contribution in [3.8, 4) is 0 Å². The second kappa shape index (κ2) is 8.39. The van der Waals surface area contributed by atoms with Gasteiger partial charge in [-0.15, -0.1) is 0 Å². The Kier molecular flexibility index (Phi) is 5.51. The van der Waals surface area contributed by atoms with Crippen molar-refractivity contribution in [1.29, 1.82) is 0 Å². The number of alkyl halides is 3. The van der Waals surface area contributed by atoms with Crippen LogP contribution in [0.4, 0.5) is 18.9 Å². The van der Waals surface area contributed by atoms with E-state index in [0.29, 0.717) is 29.8 Å². The van der Waals surface area contributed by atoms with Gasteiger partial charge >= 0.3 is 6.18 Å². The fourth-order valence-electron chi connectivity index (χ4n) is 4.81. The average molecular weight is 472 g/mol. The Morgan fingerprint density at radius 2 is 1.94 bits per heavy atom. The molecule has 0 unspecified atom stereocenters. The molecule has 178 valence electrons. The summed E-state index contributed by atoms with van der Waals surface area (Å²) < 4.78 is 39.0. The summed E-state index contributed by atoms with van der Waals surface area (Å²) in [7, 11) is 1.57. The molecule has 1 aliphatic heterocycles. The van der Waals surface area contributed by atoms with Gasteiger partial charge in [0.15, 0.2) is 0 Å². The molecule has 34 heavy (non-hydrogen) atoms. The summed E-state index contributed by atoms with van der Waals surface area (Å²) in [5.41, 5.74) is 0.177. The van der Waals surface area contributed by atoms with Gasteiger partial charge in [-0.2, -0.15) is 13.2 Å². The first-order valence-electron chi connectivity index (χ1n) is 11.0. The summed E-state index contributed by atoms with van der Waals surface area (Å²) in [6, 6.07) is 6.79. The highest BCUT2D eigenvalue weighted by Crippen LogP contribution is 2.37. The van der Waals surface area contributed by atoms with Crippen LogP contribution in [0.15, 0.2) is 41.5 Å². The zero-order chi connectivity index (χ0) is 24.0. The van der Waals surface area contributed by atoms with Crippen molar-refractivity contribution >= 4 is 22.6 Å². The number of aromatic nitrogens is 3. The molecule has 2 atom stereocenters. The van der Waals surface area contributed by atoms with Crippen LogP contribution < -0.4 is 15.8 Å². The summed E-state index contributed by atoms with van der Waals surface area (Å²) >= 11 is 0. The predicted molar refractivity (Wildman–Crippen MR) is 120 cm³/mol. The number of hydrogen-bond donors (Lipinski definition) is 2. The van der Waals surface area contributed by atoms with Crippen LogP contribution in [0.3, 0.4) is 0 Å². The molecule has 0 spiro atoms. The maximum atomic E-state index is 13.0. The van der Waals surface area contributed by atoms with Crippen LogP contribution in [0.2, 0.25) is 0 Å². The minimum absolute atomic E-state index is 0.106. The Bertz CT molecular complexity index is 1290. The maximum Gasteiger partial charge on any atom is 0.421 e. The minimum Gasteiger partial charge on any atom is -0.364 e. The lowest BCUT2D eigenvalue weighted by molar-refractivity contribution is -0.138. The van der Waals surface area contributed by atoms with Crippen molar-refractivity contribution in [3.63, 3.8) is 0 Å². The molecule has 2 fully saturated rings. The summed E-state index contributed by atoms with van der Waals surface area (Å²) in [6.07, 6.45) is 0.662. The third-order valence-electron chi connectivity index (χ3n) is 6.68. The number of fused-ring (bicyclic) bond motifs is 2. The van der Waals surface area contributed by atoms with E-state index in [2.05, 4.69) is 30.1 Å². The number of carbonyl (C=O) groups is 1. The molecule has 2 aliphatic rings. The smallest absolute Gasteiger partial charge is 0.364 e. The van der Waals surface area contributed by atoms with E-state index < -0.39 is 17.3 Å². The topological polar surface area (TPSA) is 94.2 Å². The second-order valence-corrected chi connectivity index (χ2v) is 8.64. The lowest BCUT2D eigenvalue weighted by Gasteiger charge is -2.54. The van der Waals surface area contributed by atoms with Crippen molar-refractivity contribution in [1.82, 2.24) is 25.2 Å². The summed E-state index contributed by atoms with van der Waals surface area (Å²) in [6.45, 7) is 2.17. The molecule has 0 radical (unpaired) electrons. The van der Waals surface area contributed by atoms with E-state index in [1.165, 1.54) is 0 Å². The Balaban J connectivity index is 1.31. The van der Waals surface area contributed by atoms with Gasteiger partial charge in [0.25, 0.3) is 11.5 Å². The molecule has 0 bridgehead atoms. The van der Waals surface area contributed by atoms with Crippen molar-refractivity contribution in [3.05, 3.63) is 63.8 Å². The largest absolute Gasteiger partial charge is 0.421 e. The highest BCUT2D eigenvalue weighted by atomic mass is 19.4. The van der Waals surface area contributed by atoms with E-state index in [1.54, 1.807) is 31.6 Å². The first-order valence-corrected chi connectivity index (χ1v) is 11.0. The SMILES string of the molecule is CNC(=O)c1ccc(N2CCN(Cc3cnc4cc(C(F)(F)F)c(=O)[nH]c4c3)[C@@H]3CC[C@@H]32)cn1. The van der Waals surface area contributed by atoms with Gasteiger partial charge in [0.1, 0.15) is 11.3 Å². The predicted octanol–water partition coefficient (Wildman–Crippen LogP) is 2.55. The van der Waals surface area contributed by atoms with Crippen LogP contribution in [-0.4, -0.2) is 58.0 Å².